The normalized spacial score (nSPS) is 17.8. The molecule has 2 aromatic rings. The standard InChI is InChI=1S/C16H14O2S/c17-15-11-19-12-16(18-15,13-7-3-1-4-8-13)14-9-5-2-6-10-14/h1-10H,11-12H2. The molecule has 3 heteroatoms. The summed E-state index contributed by atoms with van der Waals surface area (Å²) in [6.07, 6.45) is 0. The Labute approximate surface area is 116 Å². The van der Waals surface area contributed by atoms with Crippen molar-refractivity contribution < 1.29 is 9.53 Å². The van der Waals surface area contributed by atoms with Gasteiger partial charge in [-0.25, -0.2) is 0 Å². The van der Waals surface area contributed by atoms with Crippen LogP contribution >= 0.6 is 11.8 Å². The van der Waals surface area contributed by atoms with Gasteiger partial charge in [0.05, 0.1) is 5.75 Å². The smallest absolute Gasteiger partial charge is 0.317 e. The highest BCUT2D eigenvalue weighted by Crippen LogP contribution is 2.39. The summed E-state index contributed by atoms with van der Waals surface area (Å²) in [5.74, 6) is 1.04. The molecule has 2 aromatic carbocycles. The number of ether oxygens (including phenoxy) is 1. The van der Waals surface area contributed by atoms with Gasteiger partial charge in [-0.2, -0.15) is 0 Å². The molecule has 19 heavy (non-hydrogen) atoms. The third-order valence-electron chi connectivity index (χ3n) is 3.29. The molecule has 1 aliphatic rings. The summed E-state index contributed by atoms with van der Waals surface area (Å²) in [5, 5.41) is 0. The molecule has 0 saturated carbocycles. The lowest BCUT2D eigenvalue weighted by atomic mass is 9.87. The third kappa shape index (κ3) is 2.26. The number of rotatable bonds is 2. The van der Waals surface area contributed by atoms with Gasteiger partial charge in [-0.05, 0) is 0 Å². The molecule has 0 amide bonds. The summed E-state index contributed by atoms with van der Waals surface area (Å²) >= 11 is 1.63. The van der Waals surface area contributed by atoms with E-state index in [4.69, 9.17) is 4.74 Å². The summed E-state index contributed by atoms with van der Waals surface area (Å²) in [4.78, 5) is 11.8. The van der Waals surface area contributed by atoms with Crippen LogP contribution < -0.4 is 0 Å². The molecule has 0 atom stereocenters. The largest absolute Gasteiger partial charge is 0.448 e. The van der Waals surface area contributed by atoms with Gasteiger partial charge < -0.3 is 4.74 Å². The first-order valence-electron chi connectivity index (χ1n) is 6.22. The zero-order chi connectivity index (χ0) is 13.1. The Bertz CT molecular complexity index is 526. The minimum Gasteiger partial charge on any atom is -0.448 e. The van der Waals surface area contributed by atoms with E-state index in [0.29, 0.717) is 5.75 Å². The quantitative estimate of drug-likeness (QED) is 0.784. The Kier molecular flexibility index (Phi) is 3.30. The molecule has 1 fully saturated rings. The van der Waals surface area contributed by atoms with Crippen molar-refractivity contribution in [3.63, 3.8) is 0 Å². The first kappa shape index (κ1) is 12.3. The van der Waals surface area contributed by atoms with Crippen LogP contribution in [0.1, 0.15) is 11.1 Å². The molecule has 0 N–H and O–H groups in total. The maximum absolute atomic E-state index is 11.8. The van der Waals surface area contributed by atoms with Gasteiger partial charge in [0.1, 0.15) is 0 Å². The monoisotopic (exact) mass is 270 g/mol. The van der Waals surface area contributed by atoms with Crippen LogP contribution in [0.25, 0.3) is 0 Å². The predicted octanol–water partition coefficient (Wildman–Crippen LogP) is 3.22. The average Bonchev–Trinajstić information content (AvgIpc) is 2.49. The van der Waals surface area contributed by atoms with E-state index in [1.54, 1.807) is 11.8 Å². The van der Waals surface area contributed by atoms with Gasteiger partial charge in [-0.1, -0.05) is 60.7 Å². The topological polar surface area (TPSA) is 26.3 Å². The lowest BCUT2D eigenvalue weighted by Gasteiger charge is -2.37. The van der Waals surface area contributed by atoms with Crippen LogP contribution in [0.15, 0.2) is 60.7 Å². The fourth-order valence-electron chi connectivity index (χ4n) is 2.40. The lowest BCUT2D eigenvalue weighted by Crippen LogP contribution is -2.40. The minimum absolute atomic E-state index is 0.149. The molecule has 1 aliphatic heterocycles. The van der Waals surface area contributed by atoms with E-state index < -0.39 is 5.60 Å². The molecule has 1 heterocycles. The first-order valence-corrected chi connectivity index (χ1v) is 7.37. The molecule has 96 valence electrons. The van der Waals surface area contributed by atoms with Crippen molar-refractivity contribution >= 4 is 17.7 Å². The minimum atomic E-state index is -0.650. The lowest BCUT2D eigenvalue weighted by molar-refractivity contribution is -0.152. The maximum atomic E-state index is 11.8. The number of hydrogen-bond acceptors (Lipinski definition) is 3. The summed E-state index contributed by atoms with van der Waals surface area (Å²) in [5.41, 5.74) is 1.41. The summed E-state index contributed by atoms with van der Waals surface area (Å²) in [7, 11) is 0. The number of benzene rings is 2. The summed E-state index contributed by atoms with van der Waals surface area (Å²) in [6, 6.07) is 19.9. The van der Waals surface area contributed by atoms with Gasteiger partial charge >= 0.3 is 5.97 Å². The van der Waals surface area contributed by atoms with Crippen LogP contribution in [-0.2, 0) is 15.1 Å². The highest BCUT2D eigenvalue weighted by atomic mass is 32.2. The Morgan fingerprint density at radius 3 is 1.89 bits per heavy atom. The number of cyclic esters (lactones) is 1. The summed E-state index contributed by atoms with van der Waals surface area (Å²) in [6.45, 7) is 0. The molecule has 1 saturated heterocycles. The van der Waals surface area contributed by atoms with E-state index in [-0.39, 0.29) is 5.97 Å². The van der Waals surface area contributed by atoms with Crippen molar-refractivity contribution in [1.82, 2.24) is 0 Å². The number of carbonyl (C=O) groups excluding carboxylic acids is 1. The SMILES string of the molecule is O=C1CSCC(c2ccccc2)(c2ccccc2)O1. The Morgan fingerprint density at radius 2 is 1.42 bits per heavy atom. The molecule has 0 radical (unpaired) electrons. The van der Waals surface area contributed by atoms with E-state index in [1.165, 1.54) is 0 Å². The second-order valence-corrected chi connectivity index (χ2v) is 5.51. The van der Waals surface area contributed by atoms with E-state index in [9.17, 15) is 4.79 Å². The Morgan fingerprint density at radius 1 is 0.895 bits per heavy atom. The zero-order valence-electron chi connectivity index (χ0n) is 10.4. The van der Waals surface area contributed by atoms with E-state index in [2.05, 4.69) is 0 Å². The Balaban J connectivity index is 2.13. The van der Waals surface area contributed by atoms with Gasteiger partial charge in [0.25, 0.3) is 0 Å². The molecule has 0 spiro atoms. The van der Waals surface area contributed by atoms with Crippen LogP contribution in [0, 0.1) is 0 Å². The molecule has 0 aliphatic carbocycles. The van der Waals surface area contributed by atoms with Crippen molar-refractivity contribution in [1.29, 1.82) is 0 Å². The van der Waals surface area contributed by atoms with Gasteiger partial charge in [-0.3, -0.25) is 4.79 Å². The van der Waals surface area contributed by atoms with Crippen molar-refractivity contribution in [2.45, 2.75) is 5.60 Å². The molecule has 0 aromatic heterocycles. The van der Waals surface area contributed by atoms with E-state index in [0.717, 1.165) is 16.9 Å². The van der Waals surface area contributed by atoms with Crippen molar-refractivity contribution in [2.75, 3.05) is 11.5 Å². The van der Waals surface area contributed by atoms with Gasteiger partial charge in [-0.15, -0.1) is 11.8 Å². The fourth-order valence-corrected chi connectivity index (χ4v) is 3.40. The number of thioether (sulfide) groups is 1. The van der Waals surface area contributed by atoms with Crippen molar-refractivity contribution in [2.24, 2.45) is 0 Å². The van der Waals surface area contributed by atoms with Crippen molar-refractivity contribution in [3.05, 3.63) is 71.8 Å². The van der Waals surface area contributed by atoms with Gasteiger partial charge in [0.2, 0.25) is 0 Å². The summed E-state index contributed by atoms with van der Waals surface area (Å²) < 4.78 is 5.79. The van der Waals surface area contributed by atoms with Crippen molar-refractivity contribution in [3.8, 4) is 0 Å². The van der Waals surface area contributed by atoms with E-state index in [1.807, 2.05) is 60.7 Å². The molecular formula is C16H14O2S. The third-order valence-corrected chi connectivity index (χ3v) is 4.34. The van der Waals surface area contributed by atoms with Crippen LogP contribution in [0.3, 0.4) is 0 Å². The highest BCUT2D eigenvalue weighted by molar-refractivity contribution is 8.00. The average molecular weight is 270 g/mol. The van der Waals surface area contributed by atoms with Crippen LogP contribution in [-0.4, -0.2) is 17.5 Å². The fraction of sp³-hybridized carbons (Fsp3) is 0.188. The van der Waals surface area contributed by atoms with Crippen LogP contribution in [0.4, 0.5) is 0 Å². The molecule has 0 unspecified atom stereocenters. The highest BCUT2D eigenvalue weighted by Gasteiger charge is 2.41. The number of hydrogen-bond donors (Lipinski definition) is 0. The Hall–Kier alpha value is -1.74. The van der Waals surface area contributed by atoms with Gasteiger partial charge in [0.15, 0.2) is 5.60 Å². The second kappa shape index (κ2) is 5.10. The first-order chi connectivity index (χ1) is 9.31. The second-order valence-electron chi connectivity index (χ2n) is 4.53. The molecular weight excluding hydrogens is 256 g/mol. The number of esters is 1. The van der Waals surface area contributed by atoms with E-state index >= 15 is 0 Å². The molecule has 0 bridgehead atoms. The zero-order valence-corrected chi connectivity index (χ0v) is 11.2. The molecule has 3 rings (SSSR count). The van der Waals surface area contributed by atoms with Gasteiger partial charge in [0, 0.05) is 16.9 Å². The maximum Gasteiger partial charge on any atom is 0.317 e. The number of carbonyl (C=O) groups is 1. The predicted molar refractivity (Wildman–Crippen MR) is 77.1 cm³/mol. The van der Waals surface area contributed by atoms with Crippen LogP contribution in [0.2, 0.25) is 0 Å². The molecule has 2 nitrogen and oxygen atoms in total. The van der Waals surface area contributed by atoms with Crippen LogP contribution in [0.5, 0.6) is 0 Å².